The molecule has 0 aliphatic carbocycles. The van der Waals surface area contributed by atoms with Gasteiger partial charge in [-0.2, -0.15) is 0 Å². The molecule has 3 heteroatoms. The van der Waals surface area contributed by atoms with E-state index in [4.69, 9.17) is 4.74 Å². The van der Waals surface area contributed by atoms with Gasteiger partial charge in [-0.3, -0.25) is 0 Å². The van der Waals surface area contributed by atoms with Crippen LogP contribution in [0.15, 0.2) is 24.3 Å². The second-order valence-corrected chi connectivity index (χ2v) is 3.32. The van der Waals surface area contributed by atoms with Crippen molar-refractivity contribution >= 4 is 5.97 Å². The number of methoxy groups -OCH3 is 1. The summed E-state index contributed by atoms with van der Waals surface area (Å²) in [6.45, 7) is 4.00. The summed E-state index contributed by atoms with van der Waals surface area (Å²) in [5.41, 5.74) is 0.473. The summed E-state index contributed by atoms with van der Waals surface area (Å²) in [6, 6.07) is 7.10. The van der Waals surface area contributed by atoms with E-state index in [1.54, 1.807) is 18.2 Å². The van der Waals surface area contributed by atoms with Crippen LogP contribution in [0.25, 0.3) is 0 Å². The predicted octanol–water partition coefficient (Wildman–Crippen LogP) is 2.65. The highest BCUT2D eigenvalue weighted by Crippen LogP contribution is 2.20. The van der Waals surface area contributed by atoms with E-state index >= 15 is 0 Å². The molecule has 1 atom stereocenters. The zero-order chi connectivity index (χ0) is 11.3. The van der Waals surface area contributed by atoms with Gasteiger partial charge in [0.05, 0.1) is 13.2 Å². The molecule has 0 amide bonds. The summed E-state index contributed by atoms with van der Waals surface area (Å²) in [6.07, 6.45) is 0.992. The van der Waals surface area contributed by atoms with Gasteiger partial charge in [0.2, 0.25) is 0 Å². The number of para-hydroxylation sites is 1. The first kappa shape index (κ1) is 11.6. The third-order valence-electron chi connectivity index (χ3n) is 2.20. The number of rotatable bonds is 4. The SMILES string of the molecule is CCC(C)Oc1ccccc1C(=O)OC. The lowest BCUT2D eigenvalue weighted by Crippen LogP contribution is -2.13. The van der Waals surface area contributed by atoms with E-state index in [-0.39, 0.29) is 12.1 Å². The van der Waals surface area contributed by atoms with Crippen molar-refractivity contribution in [3.8, 4) is 5.75 Å². The van der Waals surface area contributed by atoms with Crippen molar-refractivity contribution in [2.24, 2.45) is 0 Å². The van der Waals surface area contributed by atoms with Crippen molar-refractivity contribution in [2.75, 3.05) is 7.11 Å². The number of carbonyl (C=O) groups excluding carboxylic acids is 1. The lowest BCUT2D eigenvalue weighted by Gasteiger charge is -2.14. The van der Waals surface area contributed by atoms with E-state index in [0.29, 0.717) is 11.3 Å². The molecule has 0 saturated heterocycles. The quantitative estimate of drug-likeness (QED) is 0.713. The van der Waals surface area contributed by atoms with Gasteiger partial charge < -0.3 is 9.47 Å². The largest absolute Gasteiger partial charge is 0.490 e. The van der Waals surface area contributed by atoms with Crippen molar-refractivity contribution in [1.82, 2.24) is 0 Å². The standard InChI is InChI=1S/C12H16O3/c1-4-9(2)15-11-8-6-5-7-10(11)12(13)14-3/h5-9H,4H2,1-3H3. The van der Waals surface area contributed by atoms with E-state index in [2.05, 4.69) is 4.74 Å². The molecule has 15 heavy (non-hydrogen) atoms. The smallest absolute Gasteiger partial charge is 0.341 e. The van der Waals surface area contributed by atoms with Gasteiger partial charge in [-0.15, -0.1) is 0 Å². The zero-order valence-corrected chi connectivity index (χ0v) is 9.32. The molecule has 1 unspecified atom stereocenters. The molecule has 0 aliphatic rings. The maximum absolute atomic E-state index is 11.4. The van der Waals surface area contributed by atoms with Gasteiger partial charge in [0, 0.05) is 0 Å². The summed E-state index contributed by atoms with van der Waals surface area (Å²) in [4.78, 5) is 11.4. The number of hydrogen-bond acceptors (Lipinski definition) is 3. The molecule has 1 rings (SSSR count). The Balaban J connectivity index is 2.91. The number of benzene rings is 1. The normalized spacial score (nSPS) is 11.9. The monoisotopic (exact) mass is 208 g/mol. The molecule has 0 spiro atoms. The maximum Gasteiger partial charge on any atom is 0.341 e. The first-order valence-electron chi connectivity index (χ1n) is 5.03. The molecule has 0 aliphatic heterocycles. The summed E-state index contributed by atoms with van der Waals surface area (Å²) in [5, 5.41) is 0. The minimum absolute atomic E-state index is 0.0933. The molecular formula is C12H16O3. The van der Waals surface area contributed by atoms with Gasteiger partial charge in [-0.05, 0) is 25.5 Å². The Kier molecular flexibility index (Phi) is 4.16. The number of ether oxygens (including phenoxy) is 2. The van der Waals surface area contributed by atoms with Crippen molar-refractivity contribution in [1.29, 1.82) is 0 Å². The van der Waals surface area contributed by atoms with Gasteiger partial charge in [0.1, 0.15) is 11.3 Å². The molecular weight excluding hydrogens is 192 g/mol. The first-order chi connectivity index (χ1) is 7.19. The van der Waals surface area contributed by atoms with Crippen molar-refractivity contribution in [3.63, 3.8) is 0 Å². The second-order valence-electron chi connectivity index (χ2n) is 3.32. The second kappa shape index (κ2) is 5.39. The van der Waals surface area contributed by atoms with Crippen LogP contribution in [-0.2, 0) is 4.74 Å². The van der Waals surface area contributed by atoms with E-state index < -0.39 is 0 Å². The predicted molar refractivity (Wildman–Crippen MR) is 58.2 cm³/mol. The van der Waals surface area contributed by atoms with Crippen LogP contribution in [0.5, 0.6) is 5.75 Å². The average molecular weight is 208 g/mol. The lowest BCUT2D eigenvalue weighted by molar-refractivity contribution is 0.0593. The van der Waals surface area contributed by atoms with E-state index in [0.717, 1.165) is 6.42 Å². The van der Waals surface area contributed by atoms with E-state index in [9.17, 15) is 4.79 Å². The first-order valence-corrected chi connectivity index (χ1v) is 5.03. The molecule has 0 aromatic heterocycles. The van der Waals surface area contributed by atoms with Gasteiger partial charge in [-0.1, -0.05) is 19.1 Å². The summed E-state index contributed by atoms with van der Waals surface area (Å²) < 4.78 is 10.3. The summed E-state index contributed by atoms with van der Waals surface area (Å²) >= 11 is 0. The Morgan fingerprint density at radius 2 is 2.07 bits per heavy atom. The van der Waals surface area contributed by atoms with Gasteiger partial charge in [0.25, 0.3) is 0 Å². The van der Waals surface area contributed by atoms with Crippen LogP contribution >= 0.6 is 0 Å². The highest BCUT2D eigenvalue weighted by atomic mass is 16.5. The minimum Gasteiger partial charge on any atom is -0.490 e. The molecule has 0 heterocycles. The fraction of sp³-hybridized carbons (Fsp3) is 0.417. The Bertz CT molecular complexity index is 333. The molecule has 82 valence electrons. The van der Waals surface area contributed by atoms with Gasteiger partial charge in [0.15, 0.2) is 0 Å². The molecule has 1 aromatic carbocycles. The summed E-state index contributed by atoms with van der Waals surface area (Å²) in [5.74, 6) is 0.215. The number of carbonyl (C=O) groups is 1. The Morgan fingerprint density at radius 3 is 2.67 bits per heavy atom. The Morgan fingerprint density at radius 1 is 1.40 bits per heavy atom. The van der Waals surface area contributed by atoms with Crippen molar-refractivity contribution < 1.29 is 14.3 Å². The van der Waals surface area contributed by atoms with Crippen LogP contribution in [0.3, 0.4) is 0 Å². The van der Waals surface area contributed by atoms with E-state index in [1.165, 1.54) is 7.11 Å². The van der Waals surface area contributed by atoms with Crippen LogP contribution in [0.2, 0.25) is 0 Å². The van der Waals surface area contributed by atoms with Crippen LogP contribution in [-0.4, -0.2) is 19.2 Å². The van der Waals surface area contributed by atoms with Gasteiger partial charge in [-0.25, -0.2) is 4.79 Å². The van der Waals surface area contributed by atoms with Crippen LogP contribution in [0.1, 0.15) is 30.6 Å². The highest BCUT2D eigenvalue weighted by molar-refractivity contribution is 5.92. The number of hydrogen-bond donors (Lipinski definition) is 0. The average Bonchev–Trinajstić information content (AvgIpc) is 2.28. The Hall–Kier alpha value is -1.51. The van der Waals surface area contributed by atoms with Crippen LogP contribution in [0.4, 0.5) is 0 Å². The lowest BCUT2D eigenvalue weighted by atomic mass is 10.2. The van der Waals surface area contributed by atoms with Crippen molar-refractivity contribution in [3.05, 3.63) is 29.8 Å². The maximum atomic E-state index is 11.4. The fourth-order valence-electron chi connectivity index (χ4n) is 1.15. The topological polar surface area (TPSA) is 35.5 Å². The molecule has 0 radical (unpaired) electrons. The molecule has 0 saturated carbocycles. The third kappa shape index (κ3) is 2.98. The fourth-order valence-corrected chi connectivity index (χ4v) is 1.15. The van der Waals surface area contributed by atoms with Crippen molar-refractivity contribution in [2.45, 2.75) is 26.4 Å². The van der Waals surface area contributed by atoms with Crippen LogP contribution < -0.4 is 4.74 Å². The molecule has 0 fully saturated rings. The molecule has 0 bridgehead atoms. The number of esters is 1. The molecule has 0 N–H and O–H groups in total. The molecule has 3 nitrogen and oxygen atoms in total. The Labute approximate surface area is 90.0 Å². The third-order valence-corrected chi connectivity index (χ3v) is 2.20. The summed E-state index contributed by atoms with van der Waals surface area (Å²) in [7, 11) is 1.36. The minimum atomic E-state index is -0.367. The molecule has 1 aromatic rings. The highest BCUT2D eigenvalue weighted by Gasteiger charge is 2.13. The zero-order valence-electron chi connectivity index (χ0n) is 9.32. The van der Waals surface area contributed by atoms with E-state index in [1.807, 2.05) is 19.9 Å². The van der Waals surface area contributed by atoms with Gasteiger partial charge >= 0.3 is 5.97 Å². The van der Waals surface area contributed by atoms with Crippen LogP contribution in [0, 0.1) is 0 Å².